The first-order valence-electron chi connectivity index (χ1n) is 6.80. The summed E-state index contributed by atoms with van der Waals surface area (Å²) < 4.78 is 0. The van der Waals surface area contributed by atoms with Crippen molar-refractivity contribution in [1.82, 2.24) is 4.98 Å². The Labute approximate surface area is 129 Å². The van der Waals surface area contributed by atoms with Crippen LogP contribution in [0.15, 0.2) is 36.5 Å². The number of hydrogen-bond acceptors (Lipinski definition) is 4. The van der Waals surface area contributed by atoms with Crippen molar-refractivity contribution < 1.29 is 0 Å². The van der Waals surface area contributed by atoms with E-state index in [1.165, 1.54) is 0 Å². The largest absolute Gasteiger partial charge is 0.398 e. The number of anilines is 2. The summed E-state index contributed by atoms with van der Waals surface area (Å²) in [4.78, 5) is 6.38. The molecule has 0 aliphatic rings. The number of aromatic nitrogens is 1. The standard InChI is InChI=1S/C16H17ClN4/c1-2-9-21(11-13-5-3-4-6-14(13)19)16-15(17)12(10-18)7-8-20-16/h3-8H,2,9,11,19H2,1H3. The molecule has 1 aromatic heterocycles. The molecule has 0 atom stereocenters. The lowest BCUT2D eigenvalue weighted by atomic mass is 10.1. The molecule has 0 bridgehead atoms. The minimum atomic E-state index is 0.392. The van der Waals surface area contributed by atoms with E-state index in [4.69, 9.17) is 22.6 Å². The summed E-state index contributed by atoms with van der Waals surface area (Å²) in [5.41, 5.74) is 8.20. The maximum atomic E-state index is 9.09. The van der Waals surface area contributed by atoms with Crippen molar-refractivity contribution in [3.05, 3.63) is 52.7 Å². The van der Waals surface area contributed by atoms with Crippen molar-refractivity contribution in [3.63, 3.8) is 0 Å². The van der Waals surface area contributed by atoms with Gasteiger partial charge >= 0.3 is 0 Å². The normalized spacial score (nSPS) is 10.1. The molecule has 108 valence electrons. The highest BCUT2D eigenvalue weighted by Gasteiger charge is 2.15. The monoisotopic (exact) mass is 300 g/mol. The maximum Gasteiger partial charge on any atom is 0.149 e. The summed E-state index contributed by atoms with van der Waals surface area (Å²) in [5, 5.41) is 9.48. The van der Waals surface area contributed by atoms with E-state index >= 15 is 0 Å². The summed E-state index contributed by atoms with van der Waals surface area (Å²) >= 11 is 6.29. The van der Waals surface area contributed by atoms with Crippen molar-refractivity contribution in [2.75, 3.05) is 17.2 Å². The van der Waals surface area contributed by atoms with E-state index < -0.39 is 0 Å². The van der Waals surface area contributed by atoms with Crippen LogP contribution in [0.3, 0.4) is 0 Å². The highest BCUT2D eigenvalue weighted by Crippen LogP contribution is 2.28. The van der Waals surface area contributed by atoms with Crippen LogP contribution in [0.1, 0.15) is 24.5 Å². The van der Waals surface area contributed by atoms with Crippen LogP contribution in [-0.4, -0.2) is 11.5 Å². The molecule has 0 saturated carbocycles. The van der Waals surface area contributed by atoms with E-state index in [-0.39, 0.29) is 0 Å². The van der Waals surface area contributed by atoms with Gasteiger partial charge in [0.1, 0.15) is 16.9 Å². The summed E-state index contributed by atoms with van der Waals surface area (Å²) in [7, 11) is 0. The van der Waals surface area contributed by atoms with Gasteiger partial charge in [0.25, 0.3) is 0 Å². The van der Waals surface area contributed by atoms with Gasteiger partial charge in [0.2, 0.25) is 0 Å². The Hall–Kier alpha value is -2.25. The van der Waals surface area contributed by atoms with Gasteiger partial charge in [-0.1, -0.05) is 36.7 Å². The van der Waals surface area contributed by atoms with E-state index in [2.05, 4.69) is 22.9 Å². The van der Waals surface area contributed by atoms with Crippen molar-refractivity contribution in [3.8, 4) is 6.07 Å². The first-order valence-corrected chi connectivity index (χ1v) is 7.18. The number of para-hydroxylation sites is 1. The molecule has 2 N–H and O–H groups in total. The first kappa shape index (κ1) is 15.1. The first-order chi connectivity index (χ1) is 10.2. The third kappa shape index (κ3) is 3.45. The fourth-order valence-corrected chi connectivity index (χ4v) is 2.43. The number of pyridine rings is 1. The Morgan fingerprint density at radius 3 is 2.76 bits per heavy atom. The molecule has 1 heterocycles. The van der Waals surface area contributed by atoms with E-state index in [0.717, 1.165) is 24.2 Å². The summed E-state index contributed by atoms with van der Waals surface area (Å²) in [5.74, 6) is 0.626. The lowest BCUT2D eigenvalue weighted by Gasteiger charge is -2.25. The molecule has 1 aromatic carbocycles. The van der Waals surface area contributed by atoms with Gasteiger partial charge in [-0.15, -0.1) is 0 Å². The van der Waals surface area contributed by atoms with Gasteiger partial charge in [-0.2, -0.15) is 5.26 Å². The summed E-state index contributed by atoms with van der Waals surface area (Å²) in [6.45, 7) is 3.49. The van der Waals surface area contributed by atoms with Crippen molar-refractivity contribution in [1.29, 1.82) is 5.26 Å². The summed E-state index contributed by atoms with van der Waals surface area (Å²) in [6.07, 6.45) is 2.55. The minimum absolute atomic E-state index is 0.392. The molecule has 2 rings (SSSR count). The molecule has 0 fully saturated rings. The van der Waals surface area contributed by atoms with Gasteiger partial charge < -0.3 is 10.6 Å². The number of nitrogen functional groups attached to an aromatic ring is 1. The molecule has 5 heteroatoms. The zero-order valence-electron chi connectivity index (χ0n) is 11.9. The van der Waals surface area contributed by atoms with Crippen LogP contribution in [0.25, 0.3) is 0 Å². The second-order valence-electron chi connectivity index (χ2n) is 4.73. The van der Waals surface area contributed by atoms with Crippen LogP contribution in [0.2, 0.25) is 5.02 Å². The highest BCUT2D eigenvalue weighted by atomic mass is 35.5. The Kier molecular flexibility index (Phi) is 5.02. The van der Waals surface area contributed by atoms with Crippen molar-refractivity contribution >= 4 is 23.1 Å². The molecule has 0 radical (unpaired) electrons. The Morgan fingerprint density at radius 1 is 1.33 bits per heavy atom. The van der Waals surface area contributed by atoms with Gasteiger partial charge in [0, 0.05) is 25.0 Å². The van der Waals surface area contributed by atoms with Gasteiger partial charge in [-0.25, -0.2) is 4.98 Å². The number of hydrogen-bond donors (Lipinski definition) is 1. The zero-order valence-corrected chi connectivity index (χ0v) is 12.6. The Balaban J connectivity index is 2.36. The molecule has 0 saturated heterocycles. The highest BCUT2D eigenvalue weighted by molar-refractivity contribution is 6.34. The number of benzene rings is 1. The molecule has 0 aliphatic heterocycles. The predicted molar refractivity (Wildman–Crippen MR) is 86.2 cm³/mol. The molecule has 21 heavy (non-hydrogen) atoms. The van der Waals surface area contributed by atoms with Crippen LogP contribution in [0.4, 0.5) is 11.5 Å². The lowest BCUT2D eigenvalue weighted by Crippen LogP contribution is -2.25. The topological polar surface area (TPSA) is 65.9 Å². The molecule has 0 amide bonds. The van der Waals surface area contributed by atoms with Crippen LogP contribution in [0, 0.1) is 11.3 Å². The molecule has 2 aromatic rings. The van der Waals surface area contributed by atoms with E-state index in [1.807, 2.05) is 24.3 Å². The van der Waals surface area contributed by atoms with Crippen molar-refractivity contribution in [2.45, 2.75) is 19.9 Å². The van der Waals surface area contributed by atoms with Crippen molar-refractivity contribution in [2.24, 2.45) is 0 Å². The third-order valence-electron chi connectivity index (χ3n) is 3.20. The quantitative estimate of drug-likeness (QED) is 0.857. The van der Waals surface area contributed by atoms with Gasteiger partial charge in [0.15, 0.2) is 0 Å². The van der Waals surface area contributed by atoms with E-state index in [1.54, 1.807) is 12.3 Å². The zero-order chi connectivity index (χ0) is 15.2. The number of nitrogens with two attached hydrogens (primary N) is 1. The second kappa shape index (κ2) is 6.96. The van der Waals surface area contributed by atoms with Crippen LogP contribution < -0.4 is 10.6 Å². The van der Waals surface area contributed by atoms with E-state index in [0.29, 0.717) is 22.9 Å². The number of halogens is 1. The SMILES string of the molecule is CCCN(Cc1ccccc1N)c1nccc(C#N)c1Cl. The minimum Gasteiger partial charge on any atom is -0.398 e. The van der Waals surface area contributed by atoms with Crippen LogP contribution >= 0.6 is 11.6 Å². The molecule has 0 unspecified atom stereocenters. The number of rotatable bonds is 5. The smallest absolute Gasteiger partial charge is 0.149 e. The Morgan fingerprint density at radius 2 is 2.10 bits per heavy atom. The van der Waals surface area contributed by atoms with Gasteiger partial charge in [0.05, 0.1) is 5.56 Å². The lowest BCUT2D eigenvalue weighted by molar-refractivity contribution is 0.756. The molecule has 0 aliphatic carbocycles. The summed E-state index contributed by atoms with van der Waals surface area (Å²) in [6, 6.07) is 11.4. The average molecular weight is 301 g/mol. The third-order valence-corrected chi connectivity index (χ3v) is 3.57. The van der Waals surface area contributed by atoms with Crippen LogP contribution in [-0.2, 0) is 6.54 Å². The molecule has 0 spiro atoms. The van der Waals surface area contributed by atoms with E-state index in [9.17, 15) is 0 Å². The fraction of sp³-hybridized carbons (Fsp3) is 0.250. The fourth-order valence-electron chi connectivity index (χ4n) is 2.15. The second-order valence-corrected chi connectivity index (χ2v) is 5.11. The average Bonchev–Trinajstić information content (AvgIpc) is 2.49. The van der Waals surface area contributed by atoms with Gasteiger partial charge in [-0.3, -0.25) is 0 Å². The Bertz CT molecular complexity index is 664. The van der Waals surface area contributed by atoms with Crippen LogP contribution in [0.5, 0.6) is 0 Å². The molecular formula is C16H17ClN4. The number of nitriles is 1. The maximum absolute atomic E-state index is 9.09. The number of nitrogens with zero attached hydrogens (tertiary/aromatic N) is 3. The van der Waals surface area contributed by atoms with Gasteiger partial charge in [-0.05, 0) is 24.1 Å². The predicted octanol–water partition coefficient (Wildman–Crippen LogP) is 3.61. The molecule has 4 nitrogen and oxygen atoms in total. The molecular weight excluding hydrogens is 284 g/mol.